The van der Waals surface area contributed by atoms with Crippen LogP contribution < -0.4 is 0 Å². The van der Waals surface area contributed by atoms with Crippen LogP contribution in [0, 0.1) is 11.2 Å². The highest BCUT2D eigenvalue weighted by Gasteiger charge is 2.38. The van der Waals surface area contributed by atoms with Crippen LogP contribution in [0.5, 0.6) is 0 Å². The molecule has 1 fully saturated rings. The van der Waals surface area contributed by atoms with Crippen molar-refractivity contribution in [1.82, 2.24) is 0 Å². The zero-order valence-corrected chi connectivity index (χ0v) is 12.0. The average Bonchev–Trinajstić information content (AvgIpc) is 2.74. The van der Waals surface area contributed by atoms with Gasteiger partial charge in [0.1, 0.15) is 5.82 Å². The van der Waals surface area contributed by atoms with Gasteiger partial charge in [-0.2, -0.15) is 0 Å². The van der Waals surface area contributed by atoms with Crippen LogP contribution in [-0.2, 0) is 0 Å². The van der Waals surface area contributed by atoms with E-state index >= 15 is 0 Å². The van der Waals surface area contributed by atoms with Crippen LogP contribution in [0.3, 0.4) is 0 Å². The largest absolute Gasteiger partial charge is 0.388 e. The van der Waals surface area contributed by atoms with Gasteiger partial charge in [-0.3, -0.25) is 0 Å². The smallest absolute Gasteiger partial charge is 0.148 e. The molecule has 1 N–H and O–H groups in total. The third kappa shape index (κ3) is 2.38. The fraction of sp³-hybridized carbons (Fsp3) is 0.538. The number of benzene rings is 1. The second-order valence-corrected chi connectivity index (χ2v) is 6.26. The molecule has 0 amide bonds. The van der Waals surface area contributed by atoms with Gasteiger partial charge in [0.05, 0.1) is 11.1 Å². The molecule has 0 heterocycles. The Labute approximate surface area is 114 Å². The van der Waals surface area contributed by atoms with Crippen LogP contribution in [0.15, 0.2) is 16.6 Å². The van der Waals surface area contributed by atoms with E-state index in [1.807, 2.05) is 6.92 Å². The van der Waals surface area contributed by atoms with Crippen molar-refractivity contribution < 1.29 is 9.50 Å². The predicted molar refractivity (Wildman–Crippen MR) is 70.6 cm³/mol. The van der Waals surface area contributed by atoms with Crippen LogP contribution in [-0.4, -0.2) is 5.11 Å². The highest BCUT2D eigenvalue weighted by atomic mass is 79.9. The molecule has 1 aromatic rings. The van der Waals surface area contributed by atoms with Gasteiger partial charge in [-0.1, -0.05) is 37.4 Å². The third-order valence-electron chi connectivity index (χ3n) is 3.77. The summed E-state index contributed by atoms with van der Waals surface area (Å²) in [6.07, 6.45) is 3.28. The zero-order valence-electron chi connectivity index (χ0n) is 9.64. The van der Waals surface area contributed by atoms with E-state index in [1.165, 1.54) is 0 Å². The highest BCUT2D eigenvalue weighted by molar-refractivity contribution is 9.10. The molecule has 4 heteroatoms. The molecule has 2 rings (SSSR count). The van der Waals surface area contributed by atoms with Crippen molar-refractivity contribution in [2.24, 2.45) is 5.41 Å². The van der Waals surface area contributed by atoms with E-state index in [2.05, 4.69) is 15.9 Å². The summed E-state index contributed by atoms with van der Waals surface area (Å²) >= 11 is 9.02. The molecular weight excluding hydrogens is 306 g/mol. The molecule has 1 unspecified atom stereocenters. The highest BCUT2D eigenvalue weighted by Crippen LogP contribution is 2.48. The molecule has 1 aliphatic rings. The lowest BCUT2D eigenvalue weighted by Gasteiger charge is -2.30. The van der Waals surface area contributed by atoms with Gasteiger partial charge in [-0.25, -0.2) is 4.39 Å². The Balaban J connectivity index is 2.37. The van der Waals surface area contributed by atoms with Crippen LogP contribution >= 0.6 is 27.5 Å². The SMILES string of the molecule is CC1(C(O)c2ccc(Br)c(Cl)c2F)CCCC1. The van der Waals surface area contributed by atoms with Crippen molar-refractivity contribution in [2.45, 2.75) is 38.7 Å². The molecular formula is C13H15BrClFO. The number of rotatable bonds is 2. The lowest BCUT2D eigenvalue weighted by atomic mass is 9.79. The van der Waals surface area contributed by atoms with Crippen LogP contribution in [0.25, 0.3) is 0 Å². The fourth-order valence-corrected chi connectivity index (χ4v) is 3.06. The lowest BCUT2D eigenvalue weighted by Crippen LogP contribution is -2.23. The molecule has 1 atom stereocenters. The molecule has 94 valence electrons. The van der Waals surface area contributed by atoms with Gasteiger partial charge in [0, 0.05) is 10.0 Å². The molecule has 1 aliphatic carbocycles. The zero-order chi connectivity index (χ0) is 12.6. The minimum absolute atomic E-state index is 0.0446. The summed E-state index contributed by atoms with van der Waals surface area (Å²) in [6.45, 7) is 2.01. The Bertz CT molecular complexity index is 430. The van der Waals surface area contributed by atoms with E-state index in [0.29, 0.717) is 10.0 Å². The predicted octanol–water partition coefficient (Wildman–Crippen LogP) is 4.86. The van der Waals surface area contributed by atoms with E-state index in [-0.39, 0.29) is 10.4 Å². The summed E-state index contributed by atoms with van der Waals surface area (Å²) in [7, 11) is 0. The van der Waals surface area contributed by atoms with Crippen LogP contribution in [0.1, 0.15) is 44.3 Å². The lowest BCUT2D eigenvalue weighted by molar-refractivity contribution is 0.0379. The van der Waals surface area contributed by atoms with Gasteiger partial charge in [0.25, 0.3) is 0 Å². The fourth-order valence-electron chi connectivity index (χ4n) is 2.58. The summed E-state index contributed by atoms with van der Waals surface area (Å²) in [5, 5.41) is 10.4. The molecule has 0 bridgehead atoms. The normalized spacial score (nSPS) is 20.5. The van der Waals surface area contributed by atoms with Crippen molar-refractivity contribution in [3.05, 3.63) is 33.0 Å². The molecule has 1 nitrogen and oxygen atoms in total. The monoisotopic (exact) mass is 320 g/mol. The number of hydrogen-bond acceptors (Lipinski definition) is 1. The van der Waals surface area contributed by atoms with Gasteiger partial charge in [-0.05, 0) is 40.3 Å². The summed E-state index contributed by atoms with van der Waals surface area (Å²) in [5.74, 6) is -0.512. The summed E-state index contributed by atoms with van der Waals surface area (Å²) in [5.41, 5.74) is 0.0838. The topological polar surface area (TPSA) is 20.2 Å². The second-order valence-electron chi connectivity index (χ2n) is 5.03. The molecule has 1 aromatic carbocycles. The van der Waals surface area contributed by atoms with Crippen LogP contribution in [0.2, 0.25) is 5.02 Å². The first-order chi connectivity index (χ1) is 7.96. The minimum atomic E-state index is -0.782. The van der Waals surface area contributed by atoms with E-state index in [4.69, 9.17) is 11.6 Å². The van der Waals surface area contributed by atoms with Gasteiger partial charge in [0.2, 0.25) is 0 Å². The maximum absolute atomic E-state index is 14.0. The van der Waals surface area contributed by atoms with Crippen molar-refractivity contribution >= 4 is 27.5 Å². The maximum atomic E-state index is 14.0. The number of halogens is 3. The number of hydrogen-bond donors (Lipinski definition) is 1. The van der Waals surface area contributed by atoms with Crippen molar-refractivity contribution in [1.29, 1.82) is 0 Å². The first-order valence-electron chi connectivity index (χ1n) is 5.77. The van der Waals surface area contributed by atoms with Gasteiger partial charge < -0.3 is 5.11 Å². The number of aliphatic hydroxyl groups excluding tert-OH is 1. The van der Waals surface area contributed by atoms with E-state index in [9.17, 15) is 9.50 Å². The molecule has 0 radical (unpaired) electrons. The Morgan fingerprint density at radius 1 is 1.41 bits per heavy atom. The minimum Gasteiger partial charge on any atom is -0.388 e. The van der Waals surface area contributed by atoms with E-state index in [0.717, 1.165) is 25.7 Å². The van der Waals surface area contributed by atoms with Crippen molar-refractivity contribution in [2.75, 3.05) is 0 Å². The molecule has 17 heavy (non-hydrogen) atoms. The average molecular weight is 322 g/mol. The van der Waals surface area contributed by atoms with Gasteiger partial charge >= 0.3 is 0 Å². The Hall–Kier alpha value is -0.120. The standard InChI is InChI=1S/C13H15BrClFO/c1-13(6-2-3-7-13)12(17)8-4-5-9(14)10(15)11(8)16/h4-5,12,17H,2-3,6-7H2,1H3. The summed E-state index contributed by atoms with van der Waals surface area (Å²) < 4.78 is 14.5. The number of aliphatic hydroxyl groups is 1. The Morgan fingerprint density at radius 3 is 2.59 bits per heavy atom. The van der Waals surface area contributed by atoms with E-state index in [1.54, 1.807) is 12.1 Å². The Kier molecular flexibility index (Phi) is 3.81. The second kappa shape index (κ2) is 4.87. The summed E-state index contributed by atoms with van der Waals surface area (Å²) in [4.78, 5) is 0. The molecule has 0 aromatic heterocycles. The van der Waals surface area contributed by atoms with Crippen molar-refractivity contribution in [3.63, 3.8) is 0 Å². The van der Waals surface area contributed by atoms with Crippen LogP contribution in [0.4, 0.5) is 4.39 Å². The molecule has 0 aliphatic heterocycles. The van der Waals surface area contributed by atoms with E-state index < -0.39 is 11.9 Å². The first kappa shape index (κ1) is 13.3. The Morgan fingerprint density at radius 2 is 2.00 bits per heavy atom. The molecule has 0 spiro atoms. The quantitative estimate of drug-likeness (QED) is 0.772. The summed E-state index contributed by atoms with van der Waals surface area (Å²) in [6, 6.07) is 3.29. The molecule has 0 saturated heterocycles. The van der Waals surface area contributed by atoms with Gasteiger partial charge in [-0.15, -0.1) is 0 Å². The molecule has 1 saturated carbocycles. The first-order valence-corrected chi connectivity index (χ1v) is 6.94. The maximum Gasteiger partial charge on any atom is 0.148 e. The van der Waals surface area contributed by atoms with Crippen molar-refractivity contribution in [3.8, 4) is 0 Å². The van der Waals surface area contributed by atoms with Gasteiger partial charge in [0.15, 0.2) is 0 Å². The third-order valence-corrected chi connectivity index (χ3v) is 5.02.